The SMILES string of the molecule is CC(=O)[C@H]1CC[C@H]2[C@@H]3CCC4=C(CCC(=O)C4)[C@H]3[C@@H](O)C[C@]12C. The minimum atomic E-state index is -0.334. The summed E-state index contributed by atoms with van der Waals surface area (Å²) < 4.78 is 0. The first-order valence-corrected chi connectivity index (χ1v) is 9.33. The highest BCUT2D eigenvalue weighted by atomic mass is 16.3. The lowest BCUT2D eigenvalue weighted by Gasteiger charge is -2.54. The summed E-state index contributed by atoms with van der Waals surface area (Å²) in [6, 6.07) is 0. The van der Waals surface area contributed by atoms with Gasteiger partial charge in [0, 0.05) is 24.7 Å². The van der Waals surface area contributed by atoms with Gasteiger partial charge in [-0.2, -0.15) is 0 Å². The number of aliphatic hydroxyl groups is 1. The fraction of sp³-hybridized carbons (Fsp3) is 0.800. The summed E-state index contributed by atoms with van der Waals surface area (Å²) in [7, 11) is 0. The second kappa shape index (κ2) is 5.27. The Bertz CT molecular complexity index is 590. The van der Waals surface area contributed by atoms with Crippen LogP contribution in [0.4, 0.5) is 0 Å². The van der Waals surface area contributed by atoms with E-state index in [-0.39, 0.29) is 23.4 Å². The van der Waals surface area contributed by atoms with E-state index in [9.17, 15) is 14.7 Å². The van der Waals surface area contributed by atoms with E-state index in [0.29, 0.717) is 36.2 Å². The molecule has 0 aromatic carbocycles. The van der Waals surface area contributed by atoms with Crippen molar-refractivity contribution in [3.63, 3.8) is 0 Å². The summed E-state index contributed by atoms with van der Waals surface area (Å²) in [6.07, 6.45) is 6.84. The van der Waals surface area contributed by atoms with E-state index in [4.69, 9.17) is 0 Å². The molecule has 0 unspecified atom stereocenters. The van der Waals surface area contributed by atoms with E-state index in [2.05, 4.69) is 6.92 Å². The molecular weight excluding hydrogens is 288 g/mol. The highest BCUT2D eigenvalue weighted by molar-refractivity contribution is 5.83. The molecule has 0 amide bonds. The normalized spacial score (nSPS) is 46.2. The van der Waals surface area contributed by atoms with Crippen molar-refractivity contribution in [2.24, 2.45) is 29.1 Å². The number of carbonyl (C=O) groups excluding carboxylic acids is 2. The highest BCUT2D eigenvalue weighted by Crippen LogP contribution is 2.63. The van der Waals surface area contributed by atoms with Crippen molar-refractivity contribution < 1.29 is 14.7 Å². The maximum absolute atomic E-state index is 12.1. The summed E-state index contributed by atoms with van der Waals surface area (Å²) in [6.45, 7) is 3.98. The molecule has 2 saturated carbocycles. The molecule has 0 spiro atoms. The standard InChI is InChI=1S/C20H28O3/c1-11(21)16-7-8-17-15-5-3-12-9-13(22)4-6-14(12)19(15)18(23)10-20(16,17)2/h15-19,23H,3-10H2,1-2H3/t15-,16+,17-,18-,19+,20+/m0/s1. The molecule has 4 aliphatic carbocycles. The van der Waals surface area contributed by atoms with Crippen LogP contribution >= 0.6 is 0 Å². The Labute approximate surface area is 138 Å². The Morgan fingerprint density at radius 2 is 1.96 bits per heavy atom. The van der Waals surface area contributed by atoms with Gasteiger partial charge in [-0.25, -0.2) is 0 Å². The monoisotopic (exact) mass is 316 g/mol. The van der Waals surface area contributed by atoms with Crippen LogP contribution in [0.15, 0.2) is 11.1 Å². The molecule has 23 heavy (non-hydrogen) atoms. The topological polar surface area (TPSA) is 54.4 Å². The van der Waals surface area contributed by atoms with Crippen molar-refractivity contribution in [2.75, 3.05) is 0 Å². The smallest absolute Gasteiger partial charge is 0.137 e. The Morgan fingerprint density at radius 3 is 2.70 bits per heavy atom. The second-order valence-corrected chi connectivity index (χ2v) is 8.70. The number of aliphatic hydroxyl groups excluding tert-OH is 1. The number of allylic oxidation sites excluding steroid dienone is 1. The van der Waals surface area contributed by atoms with Gasteiger partial charge in [0.2, 0.25) is 0 Å². The average molecular weight is 316 g/mol. The highest BCUT2D eigenvalue weighted by Gasteiger charge is 2.58. The maximum Gasteiger partial charge on any atom is 0.137 e. The van der Waals surface area contributed by atoms with Crippen molar-refractivity contribution in [1.82, 2.24) is 0 Å². The summed E-state index contributed by atoms with van der Waals surface area (Å²) in [5, 5.41) is 11.0. The molecule has 4 aliphatic rings. The summed E-state index contributed by atoms with van der Waals surface area (Å²) in [4.78, 5) is 23.9. The fourth-order valence-corrected chi connectivity index (χ4v) is 6.80. The van der Waals surface area contributed by atoms with Crippen LogP contribution in [0.25, 0.3) is 0 Å². The van der Waals surface area contributed by atoms with Crippen LogP contribution in [-0.2, 0) is 9.59 Å². The van der Waals surface area contributed by atoms with E-state index in [1.807, 2.05) is 0 Å². The lowest BCUT2D eigenvalue weighted by Crippen LogP contribution is -2.51. The first kappa shape index (κ1) is 15.6. The van der Waals surface area contributed by atoms with Crippen LogP contribution in [0.1, 0.15) is 65.2 Å². The number of ketones is 2. The molecule has 0 bridgehead atoms. The molecule has 0 saturated heterocycles. The number of hydrogen-bond donors (Lipinski definition) is 1. The molecule has 2 fully saturated rings. The largest absolute Gasteiger partial charge is 0.392 e. The van der Waals surface area contributed by atoms with Crippen molar-refractivity contribution in [3.8, 4) is 0 Å². The van der Waals surface area contributed by atoms with Crippen molar-refractivity contribution in [2.45, 2.75) is 71.3 Å². The zero-order chi connectivity index (χ0) is 16.4. The fourth-order valence-electron chi connectivity index (χ4n) is 6.80. The molecular formula is C20H28O3. The molecule has 0 heterocycles. The molecule has 0 aliphatic heterocycles. The quantitative estimate of drug-likeness (QED) is 0.754. The third-order valence-electron chi connectivity index (χ3n) is 7.66. The minimum Gasteiger partial charge on any atom is -0.392 e. The summed E-state index contributed by atoms with van der Waals surface area (Å²) in [5.74, 6) is 2.15. The summed E-state index contributed by atoms with van der Waals surface area (Å²) >= 11 is 0. The molecule has 3 heteroatoms. The Kier molecular flexibility index (Phi) is 3.57. The van der Waals surface area contributed by atoms with Crippen molar-refractivity contribution in [3.05, 3.63) is 11.1 Å². The molecule has 3 nitrogen and oxygen atoms in total. The summed E-state index contributed by atoms with van der Waals surface area (Å²) in [5.41, 5.74) is 2.74. The predicted molar refractivity (Wildman–Crippen MR) is 87.7 cm³/mol. The van der Waals surface area contributed by atoms with Crippen LogP contribution in [0.3, 0.4) is 0 Å². The van der Waals surface area contributed by atoms with E-state index in [1.54, 1.807) is 6.92 Å². The Morgan fingerprint density at radius 1 is 1.17 bits per heavy atom. The predicted octanol–water partition coefficient (Wildman–Crippen LogP) is 3.45. The van der Waals surface area contributed by atoms with Crippen LogP contribution in [-0.4, -0.2) is 22.8 Å². The second-order valence-electron chi connectivity index (χ2n) is 8.70. The molecule has 126 valence electrons. The number of Topliss-reactive ketones (excluding diaryl/α,β-unsaturated/α-hetero) is 2. The average Bonchev–Trinajstić information content (AvgIpc) is 2.83. The number of hydrogen-bond acceptors (Lipinski definition) is 3. The molecule has 0 radical (unpaired) electrons. The first-order valence-electron chi connectivity index (χ1n) is 9.33. The van der Waals surface area contributed by atoms with Gasteiger partial charge in [0.25, 0.3) is 0 Å². The number of rotatable bonds is 1. The number of carbonyl (C=O) groups is 2. The van der Waals surface area contributed by atoms with Gasteiger partial charge >= 0.3 is 0 Å². The van der Waals surface area contributed by atoms with Crippen molar-refractivity contribution in [1.29, 1.82) is 0 Å². The van der Waals surface area contributed by atoms with Gasteiger partial charge in [-0.1, -0.05) is 18.1 Å². The van der Waals surface area contributed by atoms with Crippen LogP contribution in [0.2, 0.25) is 0 Å². The van der Waals surface area contributed by atoms with Crippen LogP contribution in [0.5, 0.6) is 0 Å². The molecule has 4 rings (SSSR count). The molecule has 0 aromatic heterocycles. The Balaban J connectivity index is 1.69. The van der Waals surface area contributed by atoms with Gasteiger partial charge in [0.15, 0.2) is 0 Å². The molecule has 6 atom stereocenters. The third kappa shape index (κ3) is 2.19. The maximum atomic E-state index is 12.1. The Hall–Kier alpha value is -0.960. The molecule has 1 N–H and O–H groups in total. The molecule has 0 aromatic rings. The lowest BCUT2D eigenvalue weighted by atomic mass is 9.52. The minimum absolute atomic E-state index is 0.0189. The van der Waals surface area contributed by atoms with E-state index < -0.39 is 0 Å². The zero-order valence-corrected chi connectivity index (χ0v) is 14.3. The van der Waals surface area contributed by atoms with Crippen LogP contribution < -0.4 is 0 Å². The number of fused-ring (bicyclic) bond motifs is 4. The van der Waals surface area contributed by atoms with Crippen molar-refractivity contribution >= 4 is 11.6 Å². The van der Waals surface area contributed by atoms with E-state index >= 15 is 0 Å². The van der Waals surface area contributed by atoms with Gasteiger partial charge in [-0.15, -0.1) is 0 Å². The van der Waals surface area contributed by atoms with E-state index in [1.165, 1.54) is 11.1 Å². The zero-order valence-electron chi connectivity index (χ0n) is 14.3. The van der Waals surface area contributed by atoms with Gasteiger partial charge in [-0.05, 0) is 62.7 Å². The van der Waals surface area contributed by atoms with E-state index in [0.717, 1.165) is 38.5 Å². The first-order chi connectivity index (χ1) is 10.9. The lowest BCUT2D eigenvalue weighted by molar-refractivity contribution is -0.130. The van der Waals surface area contributed by atoms with Gasteiger partial charge in [-0.3, -0.25) is 9.59 Å². The van der Waals surface area contributed by atoms with Gasteiger partial charge in [0.05, 0.1) is 6.10 Å². The van der Waals surface area contributed by atoms with Gasteiger partial charge in [0.1, 0.15) is 11.6 Å². The third-order valence-corrected chi connectivity index (χ3v) is 7.66. The van der Waals surface area contributed by atoms with Gasteiger partial charge < -0.3 is 5.11 Å². The van der Waals surface area contributed by atoms with Crippen LogP contribution in [0, 0.1) is 29.1 Å².